The Labute approximate surface area is 171 Å². The second-order valence-electron chi connectivity index (χ2n) is 6.78. The normalized spacial score (nSPS) is 17.8. The number of carboxylic acid groups (broad SMARTS) is 1. The summed E-state index contributed by atoms with van der Waals surface area (Å²) in [6.07, 6.45) is 2.96. The topological polar surface area (TPSA) is 113 Å². The molecule has 9 nitrogen and oxygen atoms in total. The number of sulfonamides is 1. The van der Waals surface area contributed by atoms with Crippen LogP contribution in [0.25, 0.3) is 0 Å². The first kappa shape index (κ1) is 23.0. The zero-order chi connectivity index (χ0) is 21.6. The molecule has 10 heteroatoms. The first-order valence-electron chi connectivity index (χ1n) is 9.50. The van der Waals surface area contributed by atoms with Gasteiger partial charge in [-0.3, -0.25) is 9.59 Å². The van der Waals surface area contributed by atoms with Crippen molar-refractivity contribution in [1.29, 1.82) is 0 Å². The smallest absolute Gasteiger partial charge is 0.323 e. The lowest BCUT2D eigenvalue weighted by Gasteiger charge is -2.38. The monoisotopic (exact) mass is 428 g/mol. The molecule has 1 saturated heterocycles. The van der Waals surface area contributed by atoms with E-state index < -0.39 is 22.0 Å². The van der Waals surface area contributed by atoms with E-state index in [0.29, 0.717) is 12.2 Å². The Morgan fingerprint density at radius 3 is 2.41 bits per heavy atom. The van der Waals surface area contributed by atoms with Crippen LogP contribution in [0, 0.1) is 0 Å². The van der Waals surface area contributed by atoms with E-state index in [0.717, 1.165) is 23.6 Å². The Balaban J connectivity index is 2.24. The lowest BCUT2D eigenvalue weighted by molar-refractivity contribution is -0.145. The third-order valence-electron chi connectivity index (χ3n) is 4.92. The summed E-state index contributed by atoms with van der Waals surface area (Å²) in [7, 11) is -1.28. The molecule has 1 aromatic carbocycles. The molecule has 1 fully saturated rings. The molecule has 1 N–H and O–H groups in total. The number of amides is 1. The second-order valence-corrected chi connectivity index (χ2v) is 8.67. The van der Waals surface area contributed by atoms with Crippen molar-refractivity contribution >= 4 is 21.9 Å². The number of hydrogen-bond donors (Lipinski definition) is 1. The Kier molecular flexibility index (Phi) is 7.86. The quantitative estimate of drug-likeness (QED) is 0.594. The van der Waals surface area contributed by atoms with Gasteiger partial charge in [-0.15, -0.1) is 0 Å². The zero-order valence-electron chi connectivity index (χ0n) is 17.0. The summed E-state index contributed by atoms with van der Waals surface area (Å²) in [5.74, 6) is -0.845. The predicted molar refractivity (Wildman–Crippen MR) is 106 cm³/mol. The predicted octanol–water partition coefficient (Wildman–Crippen LogP) is 1.57. The molecule has 0 aromatic heterocycles. The van der Waals surface area contributed by atoms with Crippen LogP contribution in [0.1, 0.15) is 32.6 Å². The molecule has 2 rings (SSSR count). The molecular weight excluding hydrogens is 400 g/mol. The number of ether oxygens (including phenoxy) is 2. The Morgan fingerprint density at radius 1 is 1.14 bits per heavy atom. The van der Waals surface area contributed by atoms with Crippen molar-refractivity contribution in [3.8, 4) is 11.5 Å². The van der Waals surface area contributed by atoms with Crippen LogP contribution in [0.15, 0.2) is 23.1 Å². The van der Waals surface area contributed by atoms with Gasteiger partial charge in [0.2, 0.25) is 15.9 Å². The fourth-order valence-electron chi connectivity index (χ4n) is 3.28. The minimum atomic E-state index is -4.10. The number of nitrogens with zero attached hydrogens (tertiary/aromatic N) is 2. The number of piperazine rings is 1. The summed E-state index contributed by atoms with van der Waals surface area (Å²) in [6, 6.07) is 2.75. The van der Waals surface area contributed by atoms with E-state index >= 15 is 0 Å². The minimum absolute atomic E-state index is 0.0901. The summed E-state index contributed by atoms with van der Waals surface area (Å²) >= 11 is 0. The zero-order valence-corrected chi connectivity index (χ0v) is 17.8. The van der Waals surface area contributed by atoms with Crippen molar-refractivity contribution in [2.75, 3.05) is 33.9 Å². The maximum Gasteiger partial charge on any atom is 0.323 e. The molecule has 0 aliphatic carbocycles. The average Bonchev–Trinajstić information content (AvgIpc) is 2.72. The third-order valence-corrected chi connectivity index (χ3v) is 6.83. The van der Waals surface area contributed by atoms with Crippen molar-refractivity contribution < 1.29 is 32.6 Å². The third kappa shape index (κ3) is 5.18. The van der Waals surface area contributed by atoms with Crippen molar-refractivity contribution in [1.82, 2.24) is 9.21 Å². The van der Waals surface area contributed by atoms with Gasteiger partial charge < -0.3 is 19.5 Å². The Bertz CT molecular complexity index is 841. The van der Waals surface area contributed by atoms with Crippen LogP contribution in [-0.2, 0) is 19.6 Å². The molecule has 1 heterocycles. The number of aliphatic carboxylic acids is 1. The van der Waals surface area contributed by atoms with E-state index in [2.05, 4.69) is 0 Å². The van der Waals surface area contributed by atoms with Crippen molar-refractivity contribution in [2.24, 2.45) is 0 Å². The number of carbonyl (C=O) groups excluding carboxylic acids is 1. The van der Waals surface area contributed by atoms with E-state index in [-0.39, 0.29) is 36.2 Å². The van der Waals surface area contributed by atoms with Crippen molar-refractivity contribution in [2.45, 2.75) is 43.5 Å². The maximum absolute atomic E-state index is 13.1. The first-order chi connectivity index (χ1) is 13.8. The number of carboxylic acids is 1. The lowest BCUT2D eigenvalue weighted by Crippen LogP contribution is -2.59. The fraction of sp³-hybridized carbons (Fsp3) is 0.579. The molecule has 0 bridgehead atoms. The molecule has 162 valence electrons. The van der Waals surface area contributed by atoms with Crippen molar-refractivity contribution in [3.63, 3.8) is 0 Å². The summed E-state index contributed by atoms with van der Waals surface area (Å²) in [6.45, 7) is 1.92. The highest BCUT2D eigenvalue weighted by molar-refractivity contribution is 7.89. The first-order valence-corrected chi connectivity index (χ1v) is 10.9. The fourth-order valence-corrected chi connectivity index (χ4v) is 4.86. The average molecular weight is 429 g/mol. The molecule has 0 spiro atoms. The molecule has 0 saturated carbocycles. The molecule has 1 aliphatic heterocycles. The number of rotatable bonds is 9. The minimum Gasteiger partial charge on any atom is -0.493 e. The van der Waals surface area contributed by atoms with Gasteiger partial charge in [0.15, 0.2) is 11.5 Å². The summed E-state index contributed by atoms with van der Waals surface area (Å²) in [4.78, 5) is 25.5. The lowest BCUT2D eigenvalue weighted by atomic mass is 10.1. The molecule has 0 radical (unpaired) electrons. The van der Waals surface area contributed by atoms with Crippen LogP contribution in [0.4, 0.5) is 0 Å². The largest absolute Gasteiger partial charge is 0.493 e. The van der Waals surface area contributed by atoms with Crippen LogP contribution < -0.4 is 9.47 Å². The number of methoxy groups -OCH3 is 2. The van der Waals surface area contributed by atoms with E-state index in [9.17, 15) is 23.1 Å². The highest BCUT2D eigenvalue weighted by Gasteiger charge is 2.41. The van der Waals surface area contributed by atoms with Crippen LogP contribution in [0.2, 0.25) is 0 Å². The maximum atomic E-state index is 13.1. The Morgan fingerprint density at radius 2 is 1.83 bits per heavy atom. The van der Waals surface area contributed by atoms with E-state index in [1.54, 1.807) is 0 Å². The molecule has 1 aromatic rings. The van der Waals surface area contributed by atoms with Gasteiger partial charge in [0, 0.05) is 32.1 Å². The molecule has 1 atom stereocenters. The highest BCUT2D eigenvalue weighted by atomic mass is 32.2. The number of unbranched alkanes of at least 4 members (excludes halogenated alkanes) is 2. The van der Waals surface area contributed by atoms with Crippen LogP contribution >= 0.6 is 0 Å². The van der Waals surface area contributed by atoms with Gasteiger partial charge in [0.1, 0.15) is 6.04 Å². The summed E-state index contributed by atoms with van der Waals surface area (Å²) in [5, 5.41) is 9.63. The molecule has 29 heavy (non-hydrogen) atoms. The number of benzene rings is 1. The molecule has 1 amide bonds. The van der Waals surface area contributed by atoms with Gasteiger partial charge >= 0.3 is 5.97 Å². The van der Waals surface area contributed by atoms with E-state index in [4.69, 9.17) is 9.47 Å². The van der Waals surface area contributed by atoms with Crippen LogP contribution in [0.3, 0.4) is 0 Å². The van der Waals surface area contributed by atoms with Crippen LogP contribution in [-0.4, -0.2) is 74.5 Å². The highest BCUT2D eigenvalue weighted by Crippen LogP contribution is 2.31. The van der Waals surface area contributed by atoms with E-state index in [1.165, 1.54) is 37.3 Å². The van der Waals surface area contributed by atoms with Gasteiger partial charge in [0.05, 0.1) is 19.1 Å². The SMILES string of the molecule is CCCCCC(=O)N1CCN(S(=O)(=O)c2ccc(OC)c(OC)c2)C(C(=O)O)C1. The van der Waals surface area contributed by atoms with Gasteiger partial charge in [-0.1, -0.05) is 19.8 Å². The van der Waals surface area contributed by atoms with E-state index in [1.807, 2.05) is 6.92 Å². The van der Waals surface area contributed by atoms with Crippen LogP contribution in [0.5, 0.6) is 11.5 Å². The standard InChI is InChI=1S/C19H28N2O7S/c1-4-5-6-7-18(22)20-10-11-21(15(13-20)19(23)24)29(25,26)14-8-9-16(27-2)17(12-14)28-3/h8-9,12,15H,4-7,10-11,13H2,1-3H3,(H,23,24). The summed E-state index contributed by atoms with van der Waals surface area (Å²) < 4.78 is 37.4. The second kappa shape index (κ2) is 9.93. The van der Waals surface area contributed by atoms with Gasteiger partial charge in [0.25, 0.3) is 0 Å². The van der Waals surface area contributed by atoms with Gasteiger partial charge in [-0.25, -0.2) is 8.42 Å². The molecular formula is C19H28N2O7S. The number of carbonyl (C=O) groups is 2. The number of hydrogen-bond acceptors (Lipinski definition) is 6. The molecule has 1 unspecified atom stereocenters. The van der Waals surface area contributed by atoms with Gasteiger partial charge in [-0.2, -0.15) is 4.31 Å². The molecule has 1 aliphatic rings. The summed E-state index contributed by atoms with van der Waals surface area (Å²) in [5.41, 5.74) is 0. The van der Waals surface area contributed by atoms with Gasteiger partial charge in [-0.05, 0) is 18.6 Å². The Hall–Kier alpha value is -2.33. The van der Waals surface area contributed by atoms with Crippen molar-refractivity contribution in [3.05, 3.63) is 18.2 Å².